The maximum absolute atomic E-state index is 12.2. The number of nitrogens with one attached hydrogen (secondary N) is 1. The molecule has 1 aromatic heterocycles. The van der Waals surface area contributed by atoms with Crippen LogP contribution in [0.4, 0.5) is 11.6 Å². The highest BCUT2D eigenvalue weighted by Gasteiger charge is 2.21. The fraction of sp³-hybridized carbons (Fsp3) is 0.150. The smallest absolute Gasteiger partial charge is 0.346 e. The molecular weight excluding hydrogens is 346 g/mol. The SMILES string of the molecule is Cc1noc(N)c1C(=O)OCC(=O)Nc1ccccc1Cc1ccccc1. The third-order valence-corrected chi connectivity index (χ3v) is 3.96. The molecule has 7 nitrogen and oxygen atoms in total. The second-order valence-electron chi connectivity index (χ2n) is 5.95. The van der Waals surface area contributed by atoms with Gasteiger partial charge in [0, 0.05) is 5.69 Å². The zero-order valence-corrected chi connectivity index (χ0v) is 14.8. The highest BCUT2D eigenvalue weighted by atomic mass is 16.5. The molecule has 3 aromatic rings. The van der Waals surface area contributed by atoms with Crippen molar-refractivity contribution in [2.75, 3.05) is 17.7 Å². The number of nitrogens with two attached hydrogens (primary N) is 1. The van der Waals surface area contributed by atoms with E-state index in [-0.39, 0.29) is 11.4 Å². The van der Waals surface area contributed by atoms with Gasteiger partial charge in [-0.05, 0) is 30.5 Å². The number of nitrogen functional groups attached to an aromatic ring is 1. The van der Waals surface area contributed by atoms with Crippen LogP contribution in [-0.4, -0.2) is 23.6 Å². The van der Waals surface area contributed by atoms with Gasteiger partial charge in [-0.1, -0.05) is 53.7 Å². The summed E-state index contributed by atoms with van der Waals surface area (Å²) < 4.78 is 9.73. The van der Waals surface area contributed by atoms with Crippen LogP contribution in [0.25, 0.3) is 0 Å². The number of amides is 1. The molecule has 0 radical (unpaired) electrons. The quantitative estimate of drug-likeness (QED) is 0.650. The Morgan fingerprint density at radius 3 is 2.52 bits per heavy atom. The van der Waals surface area contributed by atoms with E-state index in [0.717, 1.165) is 11.1 Å². The van der Waals surface area contributed by atoms with E-state index in [1.165, 1.54) is 0 Å². The molecular formula is C20H19N3O4. The van der Waals surface area contributed by atoms with Gasteiger partial charge in [-0.3, -0.25) is 4.79 Å². The molecule has 1 heterocycles. The van der Waals surface area contributed by atoms with Crippen LogP contribution < -0.4 is 11.1 Å². The lowest BCUT2D eigenvalue weighted by Crippen LogP contribution is -2.22. The van der Waals surface area contributed by atoms with Crippen LogP contribution in [0.5, 0.6) is 0 Å². The molecule has 0 aliphatic carbocycles. The van der Waals surface area contributed by atoms with Crippen molar-refractivity contribution in [1.82, 2.24) is 5.16 Å². The summed E-state index contributed by atoms with van der Waals surface area (Å²) in [7, 11) is 0. The number of hydrogen-bond acceptors (Lipinski definition) is 6. The molecule has 0 aliphatic rings. The summed E-state index contributed by atoms with van der Waals surface area (Å²) in [6.07, 6.45) is 0.674. The molecule has 0 atom stereocenters. The number of nitrogens with zero attached hydrogens (tertiary/aromatic N) is 1. The number of para-hydroxylation sites is 1. The Morgan fingerprint density at radius 2 is 1.81 bits per heavy atom. The first kappa shape index (κ1) is 18.2. The lowest BCUT2D eigenvalue weighted by Gasteiger charge is -2.11. The molecule has 0 spiro atoms. The molecule has 27 heavy (non-hydrogen) atoms. The van der Waals surface area contributed by atoms with E-state index in [0.29, 0.717) is 17.8 Å². The normalized spacial score (nSPS) is 10.4. The number of rotatable bonds is 6. The van der Waals surface area contributed by atoms with E-state index in [2.05, 4.69) is 10.5 Å². The van der Waals surface area contributed by atoms with Crippen molar-refractivity contribution in [2.45, 2.75) is 13.3 Å². The Bertz CT molecular complexity index is 931. The molecule has 138 valence electrons. The number of aryl methyl sites for hydroxylation is 1. The van der Waals surface area contributed by atoms with Crippen LogP contribution in [0.2, 0.25) is 0 Å². The van der Waals surface area contributed by atoms with Gasteiger partial charge >= 0.3 is 5.97 Å². The molecule has 0 saturated carbocycles. The van der Waals surface area contributed by atoms with Gasteiger partial charge in [-0.25, -0.2) is 4.79 Å². The van der Waals surface area contributed by atoms with Crippen molar-refractivity contribution >= 4 is 23.4 Å². The van der Waals surface area contributed by atoms with Crippen LogP contribution in [0, 0.1) is 6.92 Å². The lowest BCUT2D eigenvalue weighted by molar-refractivity contribution is -0.119. The standard InChI is InChI=1S/C20H19N3O4/c1-13-18(19(21)27-23-13)20(25)26-12-17(24)22-16-10-6-5-9-15(16)11-14-7-3-2-4-8-14/h2-10H,11-12,21H2,1H3,(H,22,24). The van der Waals surface area contributed by atoms with Crippen molar-refractivity contribution in [3.8, 4) is 0 Å². The van der Waals surface area contributed by atoms with Crippen molar-refractivity contribution in [2.24, 2.45) is 0 Å². The first-order valence-corrected chi connectivity index (χ1v) is 8.35. The number of carbonyl (C=O) groups is 2. The zero-order valence-electron chi connectivity index (χ0n) is 14.8. The molecule has 0 aliphatic heterocycles. The van der Waals surface area contributed by atoms with Gasteiger partial charge in [0.1, 0.15) is 5.56 Å². The largest absolute Gasteiger partial charge is 0.452 e. The number of hydrogen-bond donors (Lipinski definition) is 2. The van der Waals surface area contributed by atoms with Gasteiger partial charge in [-0.15, -0.1) is 0 Å². The van der Waals surface area contributed by atoms with Gasteiger partial charge in [0.25, 0.3) is 5.91 Å². The van der Waals surface area contributed by atoms with Crippen LogP contribution >= 0.6 is 0 Å². The Kier molecular flexibility index (Phi) is 5.51. The molecule has 0 fully saturated rings. The van der Waals surface area contributed by atoms with Gasteiger partial charge < -0.3 is 20.3 Å². The molecule has 3 N–H and O–H groups in total. The minimum absolute atomic E-state index is 0.0345. The molecule has 0 saturated heterocycles. The monoisotopic (exact) mass is 365 g/mol. The van der Waals surface area contributed by atoms with Crippen molar-refractivity contribution in [3.63, 3.8) is 0 Å². The first-order valence-electron chi connectivity index (χ1n) is 8.35. The van der Waals surface area contributed by atoms with E-state index in [9.17, 15) is 9.59 Å². The number of benzene rings is 2. The average molecular weight is 365 g/mol. The van der Waals surface area contributed by atoms with Crippen molar-refractivity contribution < 1.29 is 18.8 Å². The first-order chi connectivity index (χ1) is 13.0. The molecule has 7 heteroatoms. The molecule has 1 amide bonds. The molecule has 2 aromatic carbocycles. The number of esters is 1. The summed E-state index contributed by atoms with van der Waals surface area (Å²) >= 11 is 0. The third kappa shape index (κ3) is 4.52. The highest BCUT2D eigenvalue weighted by molar-refractivity contribution is 5.98. The summed E-state index contributed by atoms with van der Waals surface area (Å²) in [6, 6.07) is 17.4. The van der Waals surface area contributed by atoms with Crippen LogP contribution in [-0.2, 0) is 16.0 Å². The minimum Gasteiger partial charge on any atom is -0.452 e. The Labute approximate surface area is 156 Å². The topological polar surface area (TPSA) is 107 Å². The summed E-state index contributed by atoms with van der Waals surface area (Å²) in [5.41, 5.74) is 8.64. The van der Waals surface area contributed by atoms with Crippen LogP contribution in [0.3, 0.4) is 0 Å². The minimum atomic E-state index is -0.751. The van der Waals surface area contributed by atoms with Gasteiger partial charge in [0.05, 0.1) is 5.69 Å². The number of anilines is 2. The number of ether oxygens (including phenoxy) is 1. The maximum atomic E-state index is 12.2. The summed E-state index contributed by atoms with van der Waals surface area (Å²) in [5.74, 6) is -1.33. The lowest BCUT2D eigenvalue weighted by atomic mass is 10.0. The van der Waals surface area contributed by atoms with E-state index in [1.807, 2.05) is 48.5 Å². The summed E-state index contributed by atoms with van der Waals surface area (Å²) in [4.78, 5) is 24.2. The van der Waals surface area contributed by atoms with Gasteiger partial charge in [0.15, 0.2) is 6.61 Å². The fourth-order valence-corrected chi connectivity index (χ4v) is 2.64. The Hall–Kier alpha value is -3.61. The molecule has 3 rings (SSSR count). The van der Waals surface area contributed by atoms with E-state index in [1.54, 1.807) is 13.0 Å². The number of carbonyl (C=O) groups excluding carboxylic acids is 2. The fourth-order valence-electron chi connectivity index (χ4n) is 2.64. The van der Waals surface area contributed by atoms with E-state index in [4.69, 9.17) is 15.0 Å². The summed E-state index contributed by atoms with van der Waals surface area (Å²) in [5, 5.41) is 6.36. The van der Waals surface area contributed by atoms with Crippen LogP contribution in [0.1, 0.15) is 27.2 Å². The average Bonchev–Trinajstić information content (AvgIpc) is 3.01. The second-order valence-corrected chi connectivity index (χ2v) is 5.95. The van der Waals surface area contributed by atoms with E-state index < -0.39 is 18.5 Å². The highest BCUT2D eigenvalue weighted by Crippen LogP contribution is 2.20. The zero-order chi connectivity index (χ0) is 19.2. The van der Waals surface area contributed by atoms with Crippen LogP contribution in [0.15, 0.2) is 59.1 Å². The van der Waals surface area contributed by atoms with Crippen molar-refractivity contribution in [1.29, 1.82) is 0 Å². The maximum Gasteiger partial charge on any atom is 0.346 e. The predicted molar refractivity (Wildman–Crippen MR) is 100 cm³/mol. The molecule has 0 bridgehead atoms. The van der Waals surface area contributed by atoms with Gasteiger partial charge in [-0.2, -0.15) is 0 Å². The number of aromatic nitrogens is 1. The molecule has 0 unspecified atom stereocenters. The third-order valence-electron chi connectivity index (χ3n) is 3.96. The second kappa shape index (κ2) is 8.18. The Balaban J connectivity index is 1.62. The Morgan fingerprint density at radius 1 is 1.11 bits per heavy atom. The van der Waals surface area contributed by atoms with Gasteiger partial charge in [0.2, 0.25) is 5.88 Å². The predicted octanol–water partition coefficient (Wildman–Crippen LogP) is 2.95. The van der Waals surface area contributed by atoms with Crippen molar-refractivity contribution in [3.05, 3.63) is 77.0 Å². The summed E-state index contributed by atoms with van der Waals surface area (Å²) in [6.45, 7) is 1.12. The van der Waals surface area contributed by atoms with E-state index >= 15 is 0 Å².